The van der Waals surface area contributed by atoms with Crippen molar-refractivity contribution in [2.24, 2.45) is 10.9 Å². The Morgan fingerprint density at radius 2 is 1.90 bits per heavy atom. The number of nitrogens with zero attached hydrogens (tertiary/aromatic N) is 1. The number of benzene rings is 2. The first kappa shape index (κ1) is 14.5. The summed E-state index contributed by atoms with van der Waals surface area (Å²) in [6.07, 6.45) is 0. The van der Waals surface area contributed by atoms with Gasteiger partial charge in [-0.3, -0.25) is 4.99 Å². The van der Waals surface area contributed by atoms with Gasteiger partial charge in [-0.1, -0.05) is 54.7 Å². The van der Waals surface area contributed by atoms with Crippen molar-refractivity contribution in [1.29, 1.82) is 0 Å². The molecule has 0 saturated heterocycles. The molecule has 21 heavy (non-hydrogen) atoms. The molecule has 0 amide bonds. The van der Waals surface area contributed by atoms with Crippen LogP contribution in [0.3, 0.4) is 0 Å². The van der Waals surface area contributed by atoms with E-state index >= 15 is 0 Å². The van der Waals surface area contributed by atoms with E-state index in [0.29, 0.717) is 5.92 Å². The molecule has 1 unspecified atom stereocenters. The maximum atomic E-state index is 5.87. The normalized spacial score (nSPS) is 18.1. The second-order valence-electron chi connectivity index (χ2n) is 5.01. The summed E-state index contributed by atoms with van der Waals surface area (Å²) in [5.41, 5.74) is 0. The number of ether oxygens (including phenoxy) is 1. The molecule has 0 fully saturated rings. The predicted octanol–water partition coefficient (Wildman–Crippen LogP) is 5.31. The molecule has 1 atom stereocenters. The lowest BCUT2D eigenvalue weighted by atomic mass is 10.2. The third kappa shape index (κ3) is 4.29. The summed E-state index contributed by atoms with van der Waals surface area (Å²) >= 11 is 3.57. The topological polar surface area (TPSA) is 21.6 Å². The molecule has 0 N–H and O–H groups in total. The van der Waals surface area contributed by atoms with Crippen LogP contribution < -0.4 is 4.74 Å². The molecule has 0 spiro atoms. The number of para-hydroxylation sites is 1. The van der Waals surface area contributed by atoms with E-state index < -0.39 is 0 Å². The Morgan fingerprint density at radius 3 is 2.67 bits per heavy atom. The van der Waals surface area contributed by atoms with Crippen molar-refractivity contribution in [1.82, 2.24) is 0 Å². The van der Waals surface area contributed by atoms with Crippen molar-refractivity contribution in [3.63, 3.8) is 0 Å². The van der Waals surface area contributed by atoms with Crippen LogP contribution >= 0.6 is 23.5 Å². The van der Waals surface area contributed by atoms with Gasteiger partial charge in [0.15, 0.2) is 0 Å². The molecule has 108 valence electrons. The van der Waals surface area contributed by atoms with Crippen LogP contribution in [0.5, 0.6) is 11.5 Å². The number of thioether (sulfide) groups is 2. The Kier molecular flexibility index (Phi) is 4.88. The molecule has 0 aliphatic carbocycles. The van der Waals surface area contributed by atoms with Gasteiger partial charge in [0, 0.05) is 17.2 Å². The van der Waals surface area contributed by atoms with Crippen molar-refractivity contribution >= 4 is 27.9 Å². The molecule has 4 heteroatoms. The Hall–Kier alpha value is -1.39. The molecule has 0 radical (unpaired) electrons. The van der Waals surface area contributed by atoms with E-state index in [2.05, 4.69) is 24.0 Å². The smallest absolute Gasteiger partial charge is 0.129 e. The second kappa shape index (κ2) is 7.05. The maximum absolute atomic E-state index is 5.87. The second-order valence-corrected chi connectivity index (χ2v) is 7.34. The zero-order valence-corrected chi connectivity index (χ0v) is 13.5. The average Bonchev–Trinajstić information content (AvgIpc) is 2.51. The molecule has 2 aromatic rings. The zero-order valence-electron chi connectivity index (χ0n) is 11.9. The van der Waals surface area contributed by atoms with E-state index in [1.54, 1.807) is 11.8 Å². The van der Waals surface area contributed by atoms with Crippen molar-refractivity contribution in [2.45, 2.75) is 11.8 Å². The number of hydrogen-bond donors (Lipinski definition) is 0. The van der Waals surface area contributed by atoms with Gasteiger partial charge in [-0.2, -0.15) is 0 Å². The minimum atomic E-state index is 0.687. The highest BCUT2D eigenvalue weighted by atomic mass is 32.2. The van der Waals surface area contributed by atoms with Crippen LogP contribution in [0.4, 0.5) is 0 Å². The molecule has 1 heterocycles. The van der Waals surface area contributed by atoms with E-state index in [1.807, 2.05) is 54.2 Å². The first-order chi connectivity index (χ1) is 10.3. The van der Waals surface area contributed by atoms with Crippen molar-refractivity contribution in [3.8, 4) is 11.5 Å². The highest BCUT2D eigenvalue weighted by molar-refractivity contribution is 8.38. The molecule has 2 aromatic carbocycles. The fourth-order valence-electron chi connectivity index (χ4n) is 1.93. The van der Waals surface area contributed by atoms with Crippen LogP contribution in [0.1, 0.15) is 6.92 Å². The van der Waals surface area contributed by atoms with Crippen LogP contribution in [-0.4, -0.2) is 16.7 Å². The summed E-state index contributed by atoms with van der Waals surface area (Å²) in [6.45, 7) is 3.18. The van der Waals surface area contributed by atoms with Gasteiger partial charge in [0.2, 0.25) is 0 Å². The monoisotopic (exact) mass is 315 g/mol. The van der Waals surface area contributed by atoms with Gasteiger partial charge in [-0.05, 0) is 36.2 Å². The van der Waals surface area contributed by atoms with Crippen LogP contribution in [-0.2, 0) is 0 Å². The van der Waals surface area contributed by atoms with Crippen molar-refractivity contribution < 1.29 is 4.74 Å². The molecular formula is C17H17NOS2. The lowest BCUT2D eigenvalue weighted by molar-refractivity contribution is 0.481. The van der Waals surface area contributed by atoms with Crippen LogP contribution in [0.15, 0.2) is 64.5 Å². The van der Waals surface area contributed by atoms with Gasteiger partial charge in [-0.25, -0.2) is 0 Å². The van der Waals surface area contributed by atoms with Gasteiger partial charge >= 0.3 is 0 Å². The van der Waals surface area contributed by atoms with Gasteiger partial charge in [0.05, 0.1) is 0 Å². The van der Waals surface area contributed by atoms with Gasteiger partial charge in [-0.15, -0.1) is 0 Å². The lowest BCUT2D eigenvalue weighted by Crippen LogP contribution is -2.10. The van der Waals surface area contributed by atoms with Gasteiger partial charge < -0.3 is 4.74 Å². The molecular weight excluding hydrogens is 298 g/mol. The lowest BCUT2D eigenvalue weighted by Gasteiger charge is -2.16. The van der Waals surface area contributed by atoms with Gasteiger partial charge in [0.25, 0.3) is 0 Å². The van der Waals surface area contributed by atoms with E-state index in [9.17, 15) is 0 Å². The van der Waals surface area contributed by atoms with Crippen LogP contribution in [0.25, 0.3) is 0 Å². The highest BCUT2D eigenvalue weighted by Gasteiger charge is 2.13. The summed E-state index contributed by atoms with van der Waals surface area (Å²) in [6, 6.07) is 18.0. The zero-order chi connectivity index (χ0) is 14.5. The van der Waals surface area contributed by atoms with E-state index in [1.165, 1.54) is 4.90 Å². The standard InChI is InChI=1S/C17H17NOS2/c1-13-11-18-17(20-12-13)21-16-9-5-8-15(10-16)19-14-6-3-2-4-7-14/h2-10,13H,11-12H2,1H3. The summed E-state index contributed by atoms with van der Waals surface area (Å²) < 4.78 is 7.02. The van der Waals surface area contributed by atoms with Crippen LogP contribution in [0.2, 0.25) is 0 Å². The predicted molar refractivity (Wildman–Crippen MR) is 92.7 cm³/mol. The minimum Gasteiger partial charge on any atom is -0.457 e. The minimum absolute atomic E-state index is 0.687. The van der Waals surface area contributed by atoms with Gasteiger partial charge in [0.1, 0.15) is 15.9 Å². The van der Waals surface area contributed by atoms with E-state index in [-0.39, 0.29) is 0 Å². The summed E-state index contributed by atoms with van der Waals surface area (Å²) in [4.78, 5) is 5.79. The van der Waals surface area contributed by atoms with Crippen molar-refractivity contribution in [2.75, 3.05) is 12.3 Å². The van der Waals surface area contributed by atoms with E-state index in [0.717, 1.165) is 28.2 Å². The molecule has 0 bridgehead atoms. The highest BCUT2D eigenvalue weighted by Crippen LogP contribution is 2.32. The Bertz CT molecular complexity index is 628. The molecule has 1 aliphatic heterocycles. The number of aliphatic imine (C=N–C) groups is 1. The fourth-order valence-corrected chi connectivity index (χ4v) is 4.02. The Labute approximate surface area is 134 Å². The summed E-state index contributed by atoms with van der Waals surface area (Å²) in [7, 11) is 0. The van der Waals surface area contributed by atoms with Crippen molar-refractivity contribution in [3.05, 3.63) is 54.6 Å². The Morgan fingerprint density at radius 1 is 1.10 bits per heavy atom. The first-order valence-electron chi connectivity index (χ1n) is 6.98. The SMILES string of the molecule is CC1CN=C(Sc2cccc(Oc3ccccc3)c2)SC1. The largest absolute Gasteiger partial charge is 0.457 e. The fraction of sp³-hybridized carbons (Fsp3) is 0.235. The summed E-state index contributed by atoms with van der Waals surface area (Å²) in [5.74, 6) is 3.57. The maximum Gasteiger partial charge on any atom is 0.129 e. The molecule has 2 nitrogen and oxygen atoms in total. The summed E-state index contributed by atoms with van der Waals surface area (Å²) in [5, 5.41) is 0. The third-order valence-corrected chi connectivity index (χ3v) is 5.52. The molecule has 0 saturated carbocycles. The average molecular weight is 315 g/mol. The molecule has 1 aliphatic rings. The Balaban J connectivity index is 1.69. The molecule has 3 rings (SSSR count). The molecule has 0 aromatic heterocycles. The first-order valence-corrected chi connectivity index (χ1v) is 8.78. The third-order valence-electron chi connectivity index (χ3n) is 3.01. The number of rotatable bonds is 3. The van der Waals surface area contributed by atoms with Crippen LogP contribution in [0, 0.1) is 5.92 Å². The quantitative estimate of drug-likeness (QED) is 0.766. The number of hydrogen-bond acceptors (Lipinski definition) is 4. The van der Waals surface area contributed by atoms with E-state index in [4.69, 9.17) is 4.74 Å².